The molecule has 0 atom stereocenters. The molecule has 1 amide bonds. The van der Waals surface area contributed by atoms with Crippen molar-refractivity contribution in [2.24, 2.45) is 5.84 Å². The quantitative estimate of drug-likeness (QED) is 0.433. The van der Waals surface area contributed by atoms with Gasteiger partial charge in [-0.05, 0) is 12.1 Å². The number of fused-ring (bicyclic) bond motifs is 1. The molecule has 3 N–H and O–H groups in total. The summed E-state index contributed by atoms with van der Waals surface area (Å²) in [6.45, 7) is 0. The van der Waals surface area contributed by atoms with Gasteiger partial charge in [-0.3, -0.25) is 10.2 Å². The molecule has 1 aromatic carbocycles. The standard InChI is InChI=1S/C7H5ClN4OS/c8-3-1-4(7(13)10-9)6-5(2-3)11-14-12-6/h1-2H,9H2,(H,10,13). The average Bonchev–Trinajstić information content (AvgIpc) is 2.62. The van der Waals surface area contributed by atoms with Crippen molar-refractivity contribution in [1.82, 2.24) is 14.2 Å². The molecule has 0 bridgehead atoms. The van der Waals surface area contributed by atoms with Gasteiger partial charge in [0.25, 0.3) is 5.91 Å². The van der Waals surface area contributed by atoms with Crippen LogP contribution in [0.25, 0.3) is 11.0 Å². The maximum absolute atomic E-state index is 11.3. The molecule has 1 heterocycles. The second-order valence-corrected chi connectivity index (χ2v) is 3.52. The second kappa shape index (κ2) is 3.49. The molecule has 0 saturated heterocycles. The first-order valence-corrected chi connectivity index (χ1v) is 4.76. The summed E-state index contributed by atoms with van der Waals surface area (Å²) in [5, 5.41) is 0.434. The topological polar surface area (TPSA) is 80.9 Å². The first-order valence-electron chi connectivity index (χ1n) is 3.65. The molecule has 0 radical (unpaired) electrons. The molecule has 0 aliphatic rings. The summed E-state index contributed by atoms with van der Waals surface area (Å²) in [5.41, 5.74) is 3.48. The van der Waals surface area contributed by atoms with Crippen molar-refractivity contribution < 1.29 is 4.79 Å². The van der Waals surface area contributed by atoms with Crippen LogP contribution in [0.2, 0.25) is 5.02 Å². The summed E-state index contributed by atoms with van der Waals surface area (Å²) in [6, 6.07) is 3.15. The largest absolute Gasteiger partial charge is 0.290 e. The van der Waals surface area contributed by atoms with E-state index in [0.29, 0.717) is 21.6 Å². The van der Waals surface area contributed by atoms with Crippen LogP contribution in [0.3, 0.4) is 0 Å². The minimum atomic E-state index is -0.426. The maximum atomic E-state index is 11.3. The summed E-state index contributed by atoms with van der Waals surface area (Å²) in [7, 11) is 0. The third-order valence-electron chi connectivity index (χ3n) is 1.70. The maximum Gasteiger partial charge on any atom is 0.267 e. The predicted octanol–water partition coefficient (Wildman–Crippen LogP) is 0.948. The number of hydrogen-bond donors (Lipinski definition) is 2. The Morgan fingerprint density at radius 1 is 1.50 bits per heavy atom. The van der Waals surface area contributed by atoms with Gasteiger partial charge in [0.15, 0.2) is 0 Å². The fourth-order valence-electron chi connectivity index (χ4n) is 1.11. The zero-order valence-corrected chi connectivity index (χ0v) is 8.39. The average molecular weight is 229 g/mol. The minimum Gasteiger partial charge on any atom is -0.290 e. The van der Waals surface area contributed by atoms with Crippen molar-refractivity contribution in [3.63, 3.8) is 0 Å². The molecule has 0 spiro atoms. The van der Waals surface area contributed by atoms with E-state index in [1.807, 2.05) is 5.43 Å². The van der Waals surface area contributed by atoms with Gasteiger partial charge in [-0.15, -0.1) is 0 Å². The number of nitrogens with one attached hydrogen (secondary N) is 1. The Balaban J connectivity index is 2.72. The monoisotopic (exact) mass is 228 g/mol. The lowest BCUT2D eigenvalue weighted by molar-refractivity contribution is 0.0955. The van der Waals surface area contributed by atoms with Gasteiger partial charge in [-0.2, -0.15) is 8.75 Å². The summed E-state index contributed by atoms with van der Waals surface area (Å²) in [5.74, 6) is 4.60. The molecule has 2 rings (SSSR count). The zero-order valence-electron chi connectivity index (χ0n) is 6.82. The first kappa shape index (κ1) is 9.32. The fourth-order valence-corrected chi connectivity index (χ4v) is 1.86. The van der Waals surface area contributed by atoms with Gasteiger partial charge in [-0.1, -0.05) is 11.6 Å². The summed E-state index contributed by atoms with van der Waals surface area (Å²) < 4.78 is 7.97. The summed E-state index contributed by atoms with van der Waals surface area (Å²) in [4.78, 5) is 11.3. The van der Waals surface area contributed by atoms with E-state index in [1.54, 1.807) is 6.07 Å². The van der Waals surface area contributed by atoms with Crippen LogP contribution >= 0.6 is 23.3 Å². The van der Waals surface area contributed by atoms with E-state index in [1.165, 1.54) is 6.07 Å². The molecule has 1 aromatic heterocycles. The first-order chi connectivity index (χ1) is 6.72. The van der Waals surface area contributed by atoms with Crippen LogP contribution in [0.5, 0.6) is 0 Å². The zero-order chi connectivity index (χ0) is 10.1. The lowest BCUT2D eigenvalue weighted by atomic mass is 10.2. The molecule has 0 unspecified atom stereocenters. The number of nitrogen functional groups attached to an aromatic ring is 1. The van der Waals surface area contributed by atoms with Gasteiger partial charge in [0, 0.05) is 5.02 Å². The lowest BCUT2D eigenvalue weighted by Crippen LogP contribution is -2.30. The number of hydrazine groups is 1. The highest BCUT2D eigenvalue weighted by atomic mass is 35.5. The van der Waals surface area contributed by atoms with Crippen molar-refractivity contribution >= 4 is 40.3 Å². The van der Waals surface area contributed by atoms with Crippen LogP contribution in [-0.2, 0) is 0 Å². The van der Waals surface area contributed by atoms with Crippen LogP contribution < -0.4 is 11.3 Å². The molecule has 2 aromatic rings. The summed E-state index contributed by atoms with van der Waals surface area (Å²) >= 11 is 6.82. The predicted molar refractivity (Wildman–Crippen MR) is 54.1 cm³/mol. The molecule has 0 aliphatic heterocycles. The molecular formula is C7H5ClN4OS. The highest BCUT2D eigenvalue weighted by Crippen LogP contribution is 2.22. The number of amides is 1. The molecule has 0 aliphatic carbocycles. The van der Waals surface area contributed by atoms with Gasteiger partial charge in [-0.25, -0.2) is 5.84 Å². The Morgan fingerprint density at radius 2 is 2.29 bits per heavy atom. The Morgan fingerprint density at radius 3 is 3.00 bits per heavy atom. The Labute approximate surface area is 88.2 Å². The van der Waals surface area contributed by atoms with E-state index in [4.69, 9.17) is 17.4 Å². The number of carbonyl (C=O) groups is 1. The molecule has 5 nitrogen and oxygen atoms in total. The number of nitrogens with zero attached hydrogens (tertiary/aromatic N) is 2. The van der Waals surface area contributed by atoms with Crippen LogP contribution in [-0.4, -0.2) is 14.7 Å². The molecule has 14 heavy (non-hydrogen) atoms. The number of carbonyl (C=O) groups excluding carboxylic acids is 1. The van der Waals surface area contributed by atoms with Gasteiger partial charge in [0.2, 0.25) is 0 Å². The third kappa shape index (κ3) is 1.43. The third-order valence-corrected chi connectivity index (χ3v) is 2.46. The Bertz CT molecular complexity index is 497. The van der Waals surface area contributed by atoms with Gasteiger partial charge in [0.05, 0.1) is 17.3 Å². The Kier molecular flexibility index (Phi) is 2.32. The number of nitrogens with two attached hydrogens (primary N) is 1. The van der Waals surface area contributed by atoms with E-state index in [0.717, 1.165) is 11.7 Å². The van der Waals surface area contributed by atoms with Gasteiger partial charge >= 0.3 is 0 Å². The van der Waals surface area contributed by atoms with Crippen molar-refractivity contribution in [3.05, 3.63) is 22.7 Å². The van der Waals surface area contributed by atoms with E-state index in [2.05, 4.69) is 8.75 Å². The lowest BCUT2D eigenvalue weighted by Gasteiger charge is -2.00. The minimum absolute atomic E-state index is 0.337. The van der Waals surface area contributed by atoms with Crippen molar-refractivity contribution in [3.8, 4) is 0 Å². The number of rotatable bonds is 1. The smallest absolute Gasteiger partial charge is 0.267 e. The van der Waals surface area contributed by atoms with Crippen LogP contribution in [0.4, 0.5) is 0 Å². The second-order valence-electron chi connectivity index (χ2n) is 2.56. The molecule has 0 fully saturated rings. The van der Waals surface area contributed by atoms with Crippen molar-refractivity contribution in [1.29, 1.82) is 0 Å². The van der Waals surface area contributed by atoms with E-state index < -0.39 is 5.91 Å². The van der Waals surface area contributed by atoms with E-state index in [-0.39, 0.29) is 0 Å². The summed E-state index contributed by atoms with van der Waals surface area (Å²) in [6.07, 6.45) is 0. The highest BCUT2D eigenvalue weighted by Gasteiger charge is 2.13. The molecule has 7 heteroatoms. The number of aromatic nitrogens is 2. The van der Waals surface area contributed by atoms with Crippen molar-refractivity contribution in [2.75, 3.05) is 0 Å². The molecular weight excluding hydrogens is 224 g/mol. The van der Waals surface area contributed by atoms with Crippen LogP contribution in [0.1, 0.15) is 10.4 Å². The highest BCUT2D eigenvalue weighted by molar-refractivity contribution is 7.00. The molecule has 72 valence electrons. The van der Waals surface area contributed by atoms with Crippen LogP contribution in [0, 0.1) is 0 Å². The number of halogens is 1. The van der Waals surface area contributed by atoms with E-state index >= 15 is 0 Å². The molecule has 0 saturated carbocycles. The Hall–Kier alpha value is -1.24. The number of hydrogen-bond acceptors (Lipinski definition) is 5. The van der Waals surface area contributed by atoms with Gasteiger partial charge in [0.1, 0.15) is 11.0 Å². The van der Waals surface area contributed by atoms with E-state index in [9.17, 15) is 4.79 Å². The normalized spacial score (nSPS) is 10.4. The number of benzene rings is 1. The fraction of sp³-hybridized carbons (Fsp3) is 0. The van der Waals surface area contributed by atoms with Crippen molar-refractivity contribution in [2.45, 2.75) is 0 Å². The van der Waals surface area contributed by atoms with Crippen LogP contribution in [0.15, 0.2) is 12.1 Å². The SMILES string of the molecule is NNC(=O)c1cc(Cl)cc2nsnc12. The van der Waals surface area contributed by atoms with Gasteiger partial charge < -0.3 is 0 Å².